The van der Waals surface area contributed by atoms with E-state index < -0.39 is 6.04 Å². The highest BCUT2D eigenvalue weighted by Gasteiger charge is 2.35. The van der Waals surface area contributed by atoms with Crippen LogP contribution in [0.2, 0.25) is 0 Å². The number of benzene rings is 2. The van der Waals surface area contributed by atoms with E-state index in [-0.39, 0.29) is 23.0 Å². The second-order valence-corrected chi connectivity index (χ2v) is 8.79. The van der Waals surface area contributed by atoms with Crippen LogP contribution in [0.15, 0.2) is 42.5 Å². The van der Waals surface area contributed by atoms with Crippen LogP contribution in [-0.2, 0) is 4.79 Å². The van der Waals surface area contributed by atoms with Gasteiger partial charge in [-0.1, -0.05) is 24.3 Å². The van der Waals surface area contributed by atoms with Gasteiger partial charge in [0.2, 0.25) is 10.7 Å². The van der Waals surface area contributed by atoms with Gasteiger partial charge in [0.05, 0.1) is 11.9 Å². The maximum Gasteiger partial charge on any atom is 0.257 e. The third-order valence-electron chi connectivity index (χ3n) is 6.55. The molecule has 2 aliphatic heterocycles. The van der Waals surface area contributed by atoms with Crippen LogP contribution < -0.4 is 10.2 Å². The number of para-hydroxylation sites is 1. The number of aryl methyl sites for hydroxylation is 1. The third-order valence-corrected chi connectivity index (χ3v) is 6.82. The lowest BCUT2D eigenvalue weighted by Crippen LogP contribution is -2.50. The summed E-state index contributed by atoms with van der Waals surface area (Å²) in [4.78, 5) is 34.6. The van der Waals surface area contributed by atoms with Crippen LogP contribution in [-0.4, -0.2) is 58.5 Å². The normalized spacial score (nSPS) is 18.1. The van der Waals surface area contributed by atoms with Crippen molar-refractivity contribution in [1.82, 2.24) is 14.5 Å². The molecule has 164 valence electrons. The first-order valence-electron chi connectivity index (χ1n) is 10.9. The first kappa shape index (κ1) is 20.6. The smallest absolute Gasteiger partial charge is 0.257 e. The zero-order valence-corrected chi connectivity index (χ0v) is 19.0. The third kappa shape index (κ3) is 3.44. The standard InChI is InChI=1S/C24H25N5O2S/c1-15-6-5-9-20(16(15)2)27-10-12-28(13-11-27)21(30)14-19-23(31)29-22(25-19)17-7-3-4-8-18(17)26-24(29)32/h3-9,19,25H,10-14H2,1-2H3. The molecule has 3 aromatic rings. The van der Waals surface area contributed by atoms with Gasteiger partial charge in [-0.05, 0) is 55.4 Å². The number of amides is 1. The fourth-order valence-corrected chi connectivity index (χ4v) is 4.87. The lowest BCUT2D eigenvalue weighted by Gasteiger charge is -2.37. The Morgan fingerprint density at radius 3 is 2.62 bits per heavy atom. The number of anilines is 2. The van der Waals surface area contributed by atoms with Crippen LogP contribution in [0.4, 0.5) is 11.5 Å². The van der Waals surface area contributed by atoms with Gasteiger partial charge >= 0.3 is 0 Å². The lowest BCUT2D eigenvalue weighted by molar-refractivity contribution is -0.131. The predicted molar refractivity (Wildman–Crippen MR) is 128 cm³/mol. The number of aromatic nitrogens is 2. The van der Waals surface area contributed by atoms with Crippen LogP contribution >= 0.6 is 12.2 Å². The molecule has 0 bridgehead atoms. The molecule has 1 saturated heterocycles. The number of hydrogen-bond donors (Lipinski definition) is 1. The van der Waals surface area contributed by atoms with E-state index in [9.17, 15) is 9.59 Å². The van der Waals surface area contributed by atoms with Gasteiger partial charge in [-0.2, -0.15) is 0 Å². The molecule has 0 radical (unpaired) electrons. The van der Waals surface area contributed by atoms with Crippen LogP contribution in [0.5, 0.6) is 0 Å². The van der Waals surface area contributed by atoms with E-state index in [2.05, 4.69) is 47.2 Å². The Morgan fingerprint density at radius 2 is 1.84 bits per heavy atom. The van der Waals surface area contributed by atoms with Crippen molar-refractivity contribution in [1.29, 1.82) is 0 Å². The Labute approximate surface area is 191 Å². The number of fused-ring (bicyclic) bond motifs is 3. The largest absolute Gasteiger partial charge is 0.368 e. The van der Waals surface area contributed by atoms with Crippen molar-refractivity contribution in [3.8, 4) is 0 Å². The number of nitrogens with zero attached hydrogens (tertiary/aromatic N) is 4. The Kier molecular flexibility index (Phi) is 5.17. The van der Waals surface area contributed by atoms with E-state index in [1.54, 1.807) is 0 Å². The second-order valence-electron chi connectivity index (χ2n) is 8.42. The molecule has 1 N–H and O–H groups in total. The number of piperazine rings is 1. The van der Waals surface area contributed by atoms with E-state index in [0.717, 1.165) is 24.0 Å². The second kappa shape index (κ2) is 8.02. The molecule has 1 atom stereocenters. The molecule has 1 amide bonds. The summed E-state index contributed by atoms with van der Waals surface area (Å²) >= 11 is 5.34. The van der Waals surface area contributed by atoms with Crippen molar-refractivity contribution in [3.63, 3.8) is 0 Å². The molecule has 1 aromatic heterocycles. The molecular weight excluding hydrogens is 422 g/mol. The fourth-order valence-electron chi connectivity index (χ4n) is 4.59. The summed E-state index contributed by atoms with van der Waals surface area (Å²) < 4.78 is 1.64. The van der Waals surface area contributed by atoms with Crippen molar-refractivity contribution < 1.29 is 9.59 Å². The Morgan fingerprint density at radius 1 is 1.09 bits per heavy atom. The zero-order valence-electron chi connectivity index (χ0n) is 18.2. The van der Waals surface area contributed by atoms with Crippen molar-refractivity contribution in [3.05, 3.63) is 58.4 Å². The molecule has 0 aliphatic carbocycles. The molecule has 2 aliphatic rings. The minimum atomic E-state index is -0.631. The topological polar surface area (TPSA) is 70.5 Å². The van der Waals surface area contributed by atoms with Crippen molar-refractivity contribution in [2.45, 2.75) is 26.3 Å². The molecule has 32 heavy (non-hydrogen) atoms. The summed E-state index contributed by atoms with van der Waals surface area (Å²) in [5, 5.41) is 4.06. The Bertz CT molecular complexity index is 1290. The quantitative estimate of drug-likeness (QED) is 0.619. The van der Waals surface area contributed by atoms with Crippen LogP contribution in [0.25, 0.3) is 10.9 Å². The highest BCUT2D eigenvalue weighted by molar-refractivity contribution is 7.71. The average Bonchev–Trinajstić information content (AvgIpc) is 3.12. The molecule has 0 spiro atoms. The number of hydrogen-bond acceptors (Lipinski definition) is 6. The van der Waals surface area contributed by atoms with Gasteiger partial charge < -0.3 is 15.1 Å². The minimum Gasteiger partial charge on any atom is -0.368 e. The summed E-state index contributed by atoms with van der Waals surface area (Å²) in [7, 11) is 0. The van der Waals surface area contributed by atoms with Crippen molar-refractivity contribution >= 4 is 46.4 Å². The van der Waals surface area contributed by atoms with E-state index in [4.69, 9.17) is 12.2 Å². The molecule has 3 heterocycles. The number of rotatable bonds is 3. The highest BCUT2D eigenvalue weighted by atomic mass is 32.1. The van der Waals surface area contributed by atoms with Gasteiger partial charge in [0.15, 0.2) is 0 Å². The summed E-state index contributed by atoms with van der Waals surface area (Å²) in [6.07, 6.45) is 0.104. The SMILES string of the molecule is Cc1cccc(N2CCN(C(=O)CC3Nc4c5ccccc5nc(=S)n4C3=O)CC2)c1C. The van der Waals surface area contributed by atoms with Gasteiger partial charge in [-0.25, -0.2) is 9.55 Å². The van der Waals surface area contributed by atoms with Gasteiger partial charge in [0.1, 0.15) is 11.9 Å². The molecule has 1 unspecified atom stereocenters. The van der Waals surface area contributed by atoms with E-state index in [1.165, 1.54) is 21.4 Å². The fraction of sp³-hybridized carbons (Fsp3) is 0.333. The van der Waals surface area contributed by atoms with Gasteiger partial charge in [-0.15, -0.1) is 0 Å². The maximum atomic E-state index is 13.0. The average molecular weight is 448 g/mol. The van der Waals surface area contributed by atoms with Crippen LogP contribution in [0.3, 0.4) is 0 Å². The number of carbonyl (C=O) groups excluding carboxylic acids is 2. The van der Waals surface area contributed by atoms with Gasteiger partial charge in [0, 0.05) is 37.3 Å². The first-order chi connectivity index (χ1) is 15.4. The van der Waals surface area contributed by atoms with Crippen LogP contribution in [0, 0.1) is 18.6 Å². The first-order valence-corrected chi connectivity index (χ1v) is 11.3. The monoisotopic (exact) mass is 447 g/mol. The number of carbonyl (C=O) groups is 2. The molecule has 8 heteroatoms. The maximum absolute atomic E-state index is 13.0. The molecule has 2 aromatic carbocycles. The summed E-state index contributed by atoms with van der Waals surface area (Å²) in [5.41, 5.74) is 4.52. The molecule has 5 rings (SSSR count). The van der Waals surface area contributed by atoms with E-state index in [0.29, 0.717) is 18.9 Å². The van der Waals surface area contributed by atoms with E-state index in [1.807, 2.05) is 29.2 Å². The Hall–Kier alpha value is -3.26. The zero-order chi connectivity index (χ0) is 22.4. The highest BCUT2D eigenvalue weighted by Crippen LogP contribution is 2.29. The van der Waals surface area contributed by atoms with E-state index >= 15 is 0 Å². The van der Waals surface area contributed by atoms with Crippen molar-refractivity contribution in [2.75, 3.05) is 36.4 Å². The number of nitrogens with one attached hydrogen (secondary N) is 1. The van der Waals surface area contributed by atoms with Crippen LogP contribution in [0.1, 0.15) is 22.3 Å². The summed E-state index contributed by atoms with van der Waals surface area (Å²) in [5.74, 6) is 0.391. The summed E-state index contributed by atoms with van der Waals surface area (Å²) in [6, 6.07) is 13.3. The molecular formula is C24H25N5O2S. The Balaban J connectivity index is 1.27. The molecule has 0 saturated carbocycles. The van der Waals surface area contributed by atoms with Crippen molar-refractivity contribution in [2.24, 2.45) is 0 Å². The summed E-state index contributed by atoms with van der Waals surface area (Å²) in [6.45, 7) is 7.10. The minimum absolute atomic E-state index is 0.0203. The lowest BCUT2D eigenvalue weighted by atomic mass is 10.1. The molecule has 7 nitrogen and oxygen atoms in total. The molecule has 1 fully saturated rings. The van der Waals surface area contributed by atoms with Gasteiger partial charge in [0.25, 0.3) is 5.91 Å². The predicted octanol–water partition coefficient (Wildman–Crippen LogP) is 3.56. The van der Waals surface area contributed by atoms with Gasteiger partial charge in [-0.3, -0.25) is 9.59 Å².